The maximum atomic E-state index is 11.9. The standard InChI is InChI=1S/C13H19BrN2OS/c1-9(10-5-3-4-6-11(10)14)16-13(17)12(15)7-8-18-2/h3-6,9,12H,7-8,15H2,1-2H3,(H,16,17)/t9?,12-/m1/s1. The molecule has 0 aliphatic carbocycles. The molecule has 0 aliphatic heterocycles. The lowest BCUT2D eigenvalue weighted by Crippen LogP contribution is -2.42. The lowest BCUT2D eigenvalue weighted by atomic mass is 10.1. The summed E-state index contributed by atoms with van der Waals surface area (Å²) in [5.41, 5.74) is 6.89. The van der Waals surface area contributed by atoms with E-state index in [9.17, 15) is 4.79 Å². The Morgan fingerprint density at radius 1 is 1.50 bits per heavy atom. The number of benzene rings is 1. The highest BCUT2D eigenvalue weighted by molar-refractivity contribution is 9.10. The van der Waals surface area contributed by atoms with Crippen LogP contribution in [0.4, 0.5) is 0 Å². The van der Waals surface area contributed by atoms with Crippen LogP contribution in [0.2, 0.25) is 0 Å². The summed E-state index contributed by atoms with van der Waals surface area (Å²) in [6.45, 7) is 1.96. The molecular formula is C13H19BrN2OS. The van der Waals surface area contributed by atoms with Gasteiger partial charge in [-0.05, 0) is 37.0 Å². The molecule has 0 heterocycles. The van der Waals surface area contributed by atoms with Gasteiger partial charge in [0, 0.05) is 4.47 Å². The van der Waals surface area contributed by atoms with E-state index < -0.39 is 6.04 Å². The molecule has 0 saturated carbocycles. The second-order valence-corrected chi connectivity index (χ2v) is 5.98. The van der Waals surface area contributed by atoms with E-state index in [1.165, 1.54) is 0 Å². The van der Waals surface area contributed by atoms with Crippen LogP contribution in [0.1, 0.15) is 24.9 Å². The minimum absolute atomic E-state index is 0.0478. The molecule has 1 amide bonds. The average Bonchev–Trinajstić information content (AvgIpc) is 2.36. The third-order valence-corrected chi connectivity index (χ3v) is 4.07. The number of nitrogens with two attached hydrogens (primary N) is 1. The van der Waals surface area contributed by atoms with Gasteiger partial charge in [-0.15, -0.1) is 0 Å². The number of halogens is 1. The summed E-state index contributed by atoms with van der Waals surface area (Å²) >= 11 is 5.18. The van der Waals surface area contributed by atoms with Crippen LogP contribution in [0.25, 0.3) is 0 Å². The molecule has 0 spiro atoms. The van der Waals surface area contributed by atoms with E-state index >= 15 is 0 Å². The van der Waals surface area contributed by atoms with Gasteiger partial charge in [0.2, 0.25) is 5.91 Å². The van der Waals surface area contributed by atoms with Gasteiger partial charge in [0.25, 0.3) is 0 Å². The molecule has 2 atom stereocenters. The zero-order valence-electron chi connectivity index (χ0n) is 10.7. The Kier molecular flexibility index (Phi) is 6.75. The molecule has 1 aromatic carbocycles. The fraction of sp³-hybridized carbons (Fsp3) is 0.462. The molecule has 0 aliphatic rings. The first-order chi connectivity index (χ1) is 8.56. The van der Waals surface area contributed by atoms with Crippen LogP contribution in [-0.2, 0) is 4.79 Å². The van der Waals surface area contributed by atoms with Gasteiger partial charge < -0.3 is 11.1 Å². The highest BCUT2D eigenvalue weighted by Crippen LogP contribution is 2.22. The maximum Gasteiger partial charge on any atom is 0.237 e. The first kappa shape index (κ1) is 15.5. The monoisotopic (exact) mass is 330 g/mol. The average molecular weight is 331 g/mol. The van der Waals surface area contributed by atoms with Gasteiger partial charge in [-0.3, -0.25) is 4.79 Å². The van der Waals surface area contributed by atoms with Gasteiger partial charge in [-0.2, -0.15) is 11.8 Å². The molecule has 100 valence electrons. The number of hydrogen-bond acceptors (Lipinski definition) is 3. The van der Waals surface area contributed by atoms with E-state index in [0.29, 0.717) is 6.42 Å². The second-order valence-electron chi connectivity index (χ2n) is 4.14. The number of carbonyl (C=O) groups excluding carboxylic acids is 1. The number of rotatable bonds is 6. The first-order valence-corrected chi connectivity index (χ1v) is 8.04. The van der Waals surface area contributed by atoms with Gasteiger partial charge in [0.15, 0.2) is 0 Å². The Balaban J connectivity index is 2.57. The van der Waals surface area contributed by atoms with Crippen molar-refractivity contribution in [3.8, 4) is 0 Å². The summed E-state index contributed by atoms with van der Waals surface area (Å²) in [5, 5.41) is 2.94. The van der Waals surface area contributed by atoms with Crippen molar-refractivity contribution >= 4 is 33.6 Å². The molecule has 0 saturated heterocycles. The number of hydrogen-bond donors (Lipinski definition) is 2. The van der Waals surface area contributed by atoms with E-state index in [2.05, 4.69) is 21.2 Å². The summed E-state index contributed by atoms with van der Waals surface area (Å²) in [5.74, 6) is 0.810. The predicted molar refractivity (Wildman–Crippen MR) is 81.7 cm³/mol. The van der Waals surface area contributed by atoms with Crippen LogP contribution >= 0.6 is 27.7 Å². The van der Waals surface area contributed by atoms with Gasteiger partial charge in [0.1, 0.15) is 0 Å². The van der Waals surface area contributed by atoms with Crippen molar-refractivity contribution in [1.29, 1.82) is 0 Å². The molecule has 1 aromatic rings. The summed E-state index contributed by atoms with van der Waals surface area (Å²) in [4.78, 5) is 11.9. The van der Waals surface area contributed by atoms with Crippen LogP contribution in [0.15, 0.2) is 28.7 Å². The van der Waals surface area contributed by atoms with E-state index in [1.54, 1.807) is 11.8 Å². The van der Waals surface area contributed by atoms with Crippen molar-refractivity contribution in [2.75, 3.05) is 12.0 Å². The van der Waals surface area contributed by atoms with Crippen molar-refractivity contribution < 1.29 is 4.79 Å². The summed E-state index contributed by atoms with van der Waals surface area (Å²) in [6.07, 6.45) is 2.71. The lowest BCUT2D eigenvalue weighted by Gasteiger charge is -2.18. The molecule has 5 heteroatoms. The number of carbonyl (C=O) groups is 1. The molecule has 0 radical (unpaired) electrons. The molecule has 0 bridgehead atoms. The van der Waals surface area contributed by atoms with E-state index in [-0.39, 0.29) is 11.9 Å². The van der Waals surface area contributed by atoms with E-state index in [1.807, 2.05) is 37.4 Å². The Hall–Kier alpha value is -0.520. The van der Waals surface area contributed by atoms with Crippen LogP contribution < -0.4 is 11.1 Å². The Labute approximate surface area is 121 Å². The molecule has 3 N–H and O–H groups in total. The first-order valence-electron chi connectivity index (χ1n) is 5.85. The van der Waals surface area contributed by atoms with Crippen LogP contribution in [0, 0.1) is 0 Å². The summed E-state index contributed by atoms with van der Waals surface area (Å²) < 4.78 is 0.996. The largest absolute Gasteiger partial charge is 0.348 e. The fourth-order valence-corrected chi connectivity index (χ4v) is 2.72. The van der Waals surface area contributed by atoms with Crippen molar-refractivity contribution in [3.63, 3.8) is 0 Å². The third kappa shape index (κ3) is 4.63. The normalized spacial score (nSPS) is 14.0. The van der Waals surface area contributed by atoms with Crippen LogP contribution in [-0.4, -0.2) is 24.0 Å². The quantitative estimate of drug-likeness (QED) is 0.843. The minimum Gasteiger partial charge on any atom is -0.348 e. The van der Waals surface area contributed by atoms with E-state index in [4.69, 9.17) is 5.73 Å². The Morgan fingerprint density at radius 3 is 2.78 bits per heavy atom. The molecular weight excluding hydrogens is 312 g/mol. The highest BCUT2D eigenvalue weighted by Gasteiger charge is 2.17. The summed E-state index contributed by atoms with van der Waals surface area (Å²) in [6, 6.07) is 7.38. The SMILES string of the molecule is CSCC[C@@H](N)C(=O)NC(C)c1ccccc1Br. The predicted octanol–water partition coefficient (Wildman–Crippen LogP) is 2.71. The van der Waals surface area contributed by atoms with Crippen molar-refractivity contribution in [1.82, 2.24) is 5.32 Å². The van der Waals surface area contributed by atoms with Crippen molar-refractivity contribution in [2.24, 2.45) is 5.73 Å². The van der Waals surface area contributed by atoms with Gasteiger partial charge >= 0.3 is 0 Å². The minimum atomic E-state index is -0.428. The Morgan fingerprint density at radius 2 is 2.17 bits per heavy atom. The Bertz CT molecular complexity index is 400. The van der Waals surface area contributed by atoms with Gasteiger partial charge in [-0.25, -0.2) is 0 Å². The van der Waals surface area contributed by atoms with Crippen molar-refractivity contribution in [3.05, 3.63) is 34.3 Å². The number of nitrogens with one attached hydrogen (secondary N) is 1. The molecule has 18 heavy (non-hydrogen) atoms. The van der Waals surface area contributed by atoms with E-state index in [0.717, 1.165) is 15.8 Å². The van der Waals surface area contributed by atoms with Crippen molar-refractivity contribution in [2.45, 2.75) is 25.4 Å². The molecule has 3 nitrogen and oxygen atoms in total. The van der Waals surface area contributed by atoms with Crippen LogP contribution in [0.3, 0.4) is 0 Å². The fourth-order valence-electron chi connectivity index (χ4n) is 1.60. The molecule has 0 aromatic heterocycles. The lowest BCUT2D eigenvalue weighted by molar-refractivity contribution is -0.123. The van der Waals surface area contributed by atoms with Gasteiger partial charge in [-0.1, -0.05) is 34.1 Å². The molecule has 1 rings (SSSR count). The van der Waals surface area contributed by atoms with Gasteiger partial charge in [0.05, 0.1) is 12.1 Å². The number of amides is 1. The number of thioether (sulfide) groups is 1. The zero-order chi connectivity index (χ0) is 13.5. The summed E-state index contributed by atoms with van der Waals surface area (Å²) in [7, 11) is 0. The smallest absolute Gasteiger partial charge is 0.237 e. The van der Waals surface area contributed by atoms with Crippen LogP contribution in [0.5, 0.6) is 0 Å². The third-order valence-electron chi connectivity index (χ3n) is 2.70. The zero-order valence-corrected chi connectivity index (χ0v) is 13.1. The molecule has 0 fully saturated rings. The maximum absolute atomic E-state index is 11.9. The molecule has 1 unspecified atom stereocenters. The highest BCUT2D eigenvalue weighted by atomic mass is 79.9. The topological polar surface area (TPSA) is 55.1 Å². The second kappa shape index (κ2) is 7.81.